The van der Waals surface area contributed by atoms with Gasteiger partial charge in [0, 0.05) is 24.1 Å². The first-order valence-corrected chi connectivity index (χ1v) is 7.76. The zero-order valence-electron chi connectivity index (χ0n) is 12.1. The number of carbonyl (C=O) groups is 1. The molecule has 1 aromatic heterocycles. The Balaban J connectivity index is 1.89. The van der Waals surface area contributed by atoms with Crippen LogP contribution in [0, 0.1) is 6.92 Å². The highest BCUT2D eigenvalue weighted by Gasteiger charge is 2.33. The molecule has 1 aliphatic rings. The predicted molar refractivity (Wildman–Crippen MR) is 77.3 cm³/mol. The summed E-state index contributed by atoms with van der Waals surface area (Å²) in [6.07, 6.45) is -4.59. The minimum Gasteiger partial charge on any atom is -0.425 e. The van der Waals surface area contributed by atoms with Gasteiger partial charge in [0.05, 0.1) is 11.3 Å². The molecule has 9 heteroatoms. The number of carbonyl (C=O) groups excluding carboxylic acids is 1. The van der Waals surface area contributed by atoms with E-state index in [1.807, 2.05) is 0 Å². The summed E-state index contributed by atoms with van der Waals surface area (Å²) in [6.45, 7) is 1.94. The van der Waals surface area contributed by atoms with Gasteiger partial charge in [-0.1, -0.05) is 0 Å². The second kappa shape index (κ2) is 5.88. The quantitative estimate of drug-likeness (QED) is 0.839. The molecule has 0 bridgehead atoms. The number of hydrogen-bond acceptors (Lipinski definition) is 5. The largest absolute Gasteiger partial charge is 0.425 e. The highest BCUT2D eigenvalue weighted by molar-refractivity contribution is 7.99. The molecule has 1 amide bonds. The molecule has 0 spiro atoms. The van der Waals surface area contributed by atoms with E-state index >= 15 is 0 Å². The van der Waals surface area contributed by atoms with E-state index in [1.165, 1.54) is 22.7 Å². The lowest BCUT2D eigenvalue weighted by atomic mass is 10.1. The summed E-state index contributed by atoms with van der Waals surface area (Å²) in [5, 5.41) is 7.38. The minimum atomic E-state index is -4.45. The second-order valence-electron chi connectivity index (χ2n) is 4.97. The lowest BCUT2D eigenvalue weighted by molar-refractivity contribution is -0.137. The second-order valence-corrected chi connectivity index (χ2v) is 6.10. The Kier molecular flexibility index (Phi) is 4.05. The Labute approximate surface area is 133 Å². The van der Waals surface area contributed by atoms with Gasteiger partial charge in [0.25, 0.3) is 0 Å². The number of aryl methyl sites for hydroxylation is 1. The van der Waals surface area contributed by atoms with E-state index in [1.54, 1.807) is 6.92 Å². The molecular formula is C14H12F3N3O2S. The van der Waals surface area contributed by atoms with E-state index in [4.69, 9.17) is 4.42 Å². The number of nitrogens with zero attached hydrogens (tertiary/aromatic N) is 3. The maximum absolute atomic E-state index is 12.9. The summed E-state index contributed by atoms with van der Waals surface area (Å²) in [6, 6.07) is 3.44. The first-order chi connectivity index (χ1) is 10.8. The fraction of sp³-hybridized carbons (Fsp3) is 0.357. The van der Waals surface area contributed by atoms with Crippen LogP contribution in [0.15, 0.2) is 27.5 Å². The van der Waals surface area contributed by atoms with Crippen LogP contribution in [0.3, 0.4) is 0 Å². The van der Waals surface area contributed by atoms with Crippen LogP contribution in [0.5, 0.6) is 0 Å². The number of amides is 1. The molecule has 1 aliphatic heterocycles. The third kappa shape index (κ3) is 3.34. The third-order valence-electron chi connectivity index (χ3n) is 3.32. The van der Waals surface area contributed by atoms with Crippen LogP contribution >= 0.6 is 11.8 Å². The lowest BCUT2D eigenvalue weighted by Gasteiger charge is -2.29. The van der Waals surface area contributed by atoms with Crippen molar-refractivity contribution in [2.24, 2.45) is 0 Å². The van der Waals surface area contributed by atoms with Gasteiger partial charge in [0.1, 0.15) is 6.42 Å². The van der Waals surface area contributed by atoms with Crippen molar-refractivity contribution in [3.05, 3.63) is 35.5 Å². The van der Waals surface area contributed by atoms with Gasteiger partial charge in [-0.25, -0.2) is 0 Å². The Morgan fingerprint density at radius 2 is 2.17 bits per heavy atom. The van der Waals surface area contributed by atoms with Crippen molar-refractivity contribution in [2.75, 3.05) is 17.2 Å². The molecule has 23 heavy (non-hydrogen) atoms. The number of thioether (sulfide) groups is 1. The smallest absolute Gasteiger partial charge is 0.416 e. The lowest BCUT2D eigenvalue weighted by Crippen LogP contribution is -2.36. The maximum Gasteiger partial charge on any atom is 0.416 e. The maximum atomic E-state index is 12.9. The third-order valence-corrected chi connectivity index (χ3v) is 4.36. The Morgan fingerprint density at radius 3 is 2.83 bits per heavy atom. The van der Waals surface area contributed by atoms with Crippen LogP contribution in [-0.2, 0) is 17.4 Å². The fourth-order valence-electron chi connectivity index (χ4n) is 2.29. The van der Waals surface area contributed by atoms with Gasteiger partial charge >= 0.3 is 6.18 Å². The van der Waals surface area contributed by atoms with Crippen molar-refractivity contribution >= 4 is 23.4 Å². The number of fused-ring (bicyclic) bond motifs is 1. The highest BCUT2D eigenvalue weighted by Crippen LogP contribution is 2.39. The normalized spacial score (nSPS) is 14.7. The van der Waals surface area contributed by atoms with Gasteiger partial charge < -0.3 is 9.32 Å². The zero-order chi connectivity index (χ0) is 16.6. The van der Waals surface area contributed by atoms with Gasteiger partial charge in [-0.2, -0.15) is 13.2 Å². The van der Waals surface area contributed by atoms with Crippen LogP contribution in [0.25, 0.3) is 0 Å². The van der Waals surface area contributed by atoms with E-state index in [2.05, 4.69) is 10.2 Å². The van der Waals surface area contributed by atoms with E-state index in [9.17, 15) is 18.0 Å². The number of anilines is 1. The summed E-state index contributed by atoms with van der Waals surface area (Å²) in [4.78, 5) is 14.4. The Hall–Kier alpha value is -2.03. The Bertz CT molecular complexity index is 745. The molecule has 0 fully saturated rings. The van der Waals surface area contributed by atoms with Crippen LogP contribution < -0.4 is 4.90 Å². The summed E-state index contributed by atoms with van der Waals surface area (Å²) in [5.74, 6) is 0.739. The number of halogens is 3. The average molecular weight is 343 g/mol. The van der Waals surface area contributed by atoms with Gasteiger partial charge in [-0.05, 0) is 18.2 Å². The molecular weight excluding hydrogens is 331 g/mol. The minimum absolute atomic E-state index is 0.138. The molecule has 3 rings (SSSR count). The van der Waals surface area contributed by atoms with Crippen molar-refractivity contribution in [3.63, 3.8) is 0 Å². The van der Waals surface area contributed by atoms with E-state index in [0.717, 1.165) is 12.1 Å². The fourth-order valence-corrected chi connectivity index (χ4v) is 3.26. The molecule has 122 valence electrons. The molecule has 2 aromatic rings. The van der Waals surface area contributed by atoms with E-state index in [0.29, 0.717) is 23.1 Å². The molecule has 0 radical (unpaired) electrons. The summed E-state index contributed by atoms with van der Waals surface area (Å²) < 4.78 is 43.8. The number of aromatic nitrogens is 2. The molecule has 1 aromatic carbocycles. The summed E-state index contributed by atoms with van der Waals surface area (Å²) >= 11 is 1.43. The van der Waals surface area contributed by atoms with Crippen molar-refractivity contribution in [2.45, 2.75) is 24.4 Å². The van der Waals surface area contributed by atoms with Crippen LogP contribution in [0.1, 0.15) is 17.3 Å². The molecule has 0 N–H and O–H groups in total. The summed E-state index contributed by atoms with van der Waals surface area (Å²) in [5.41, 5.74) is -0.498. The van der Waals surface area contributed by atoms with Crippen LogP contribution in [0.2, 0.25) is 0 Å². The molecule has 0 saturated heterocycles. The number of alkyl halides is 3. The number of rotatable bonds is 2. The monoisotopic (exact) mass is 343 g/mol. The first-order valence-electron chi connectivity index (χ1n) is 6.78. The zero-order valence-corrected chi connectivity index (χ0v) is 12.9. The summed E-state index contributed by atoms with van der Waals surface area (Å²) in [7, 11) is 0. The highest BCUT2D eigenvalue weighted by atomic mass is 32.2. The first kappa shape index (κ1) is 15.9. The van der Waals surface area contributed by atoms with Crippen molar-refractivity contribution in [1.29, 1.82) is 0 Å². The van der Waals surface area contributed by atoms with Crippen LogP contribution in [-0.4, -0.2) is 28.4 Å². The standard InChI is InChI=1S/C14H12F3N3O2S/c1-8-18-19-12(22-8)7-13(21)20-4-5-23-11-3-2-9(6-10(11)20)14(15,16)17/h2-3,6H,4-5,7H2,1H3. The SMILES string of the molecule is Cc1nnc(CC(=O)N2CCSc3ccc(C(F)(F)F)cc32)o1. The van der Waals surface area contributed by atoms with Gasteiger partial charge in [0.2, 0.25) is 17.7 Å². The van der Waals surface area contributed by atoms with Crippen molar-refractivity contribution < 1.29 is 22.4 Å². The molecule has 2 heterocycles. The number of benzene rings is 1. The Morgan fingerprint density at radius 1 is 1.39 bits per heavy atom. The van der Waals surface area contributed by atoms with Crippen molar-refractivity contribution in [1.82, 2.24) is 10.2 Å². The average Bonchev–Trinajstić information content (AvgIpc) is 2.90. The van der Waals surface area contributed by atoms with Crippen molar-refractivity contribution in [3.8, 4) is 0 Å². The van der Waals surface area contributed by atoms with Gasteiger partial charge in [-0.3, -0.25) is 4.79 Å². The van der Waals surface area contributed by atoms with E-state index < -0.39 is 11.7 Å². The van der Waals surface area contributed by atoms with Gasteiger partial charge in [0.15, 0.2) is 0 Å². The molecule has 0 aliphatic carbocycles. The topological polar surface area (TPSA) is 59.2 Å². The molecule has 0 saturated carbocycles. The molecule has 0 unspecified atom stereocenters. The molecule has 0 atom stereocenters. The van der Waals surface area contributed by atoms with Crippen LogP contribution in [0.4, 0.5) is 18.9 Å². The predicted octanol–water partition coefficient (Wildman–Crippen LogP) is 3.08. The molecule has 5 nitrogen and oxygen atoms in total. The van der Waals surface area contributed by atoms with E-state index in [-0.39, 0.29) is 23.9 Å². The number of hydrogen-bond donors (Lipinski definition) is 0. The van der Waals surface area contributed by atoms with Gasteiger partial charge in [-0.15, -0.1) is 22.0 Å².